The van der Waals surface area contributed by atoms with E-state index in [4.69, 9.17) is 19.4 Å². The molecule has 0 spiro atoms. The van der Waals surface area contributed by atoms with Crippen LogP contribution in [0.5, 0.6) is 0 Å². The number of hydrogen-bond donors (Lipinski definition) is 0. The Hall–Kier alpha value is -8.41. The summed E-state index contributed by atoms with van der Waals surface area (Å²) in [5, 5.41) is 4.40. The van der Waals surface area contributed by atoms with Crippen LogP contribution in [0, 0.1) is 0 Å². The first kappa shape index (κ1) is 35.5. The summed E-state index contributed by atoms with van der Waals surface area (Å²) in [6.45, 7) is 0. The van der Waals surface area contributed by atoms with Gasteiger partial charge in [0.1, 0.15) is 5.58 Å². The van der Waals surface area contributed by atoms with Crippen LogP contribution in [0.15, 0.2) is 223 Å². The monoisotopic (exact) mass is 792 g/mol. The van der Waals surface area contributed by atoms with E-state index in [9.17, 15) is 0 Å². The molecule has 0 bridgehead atoms. The Morgan fingerprint density at radius 1 is 0.306 bits per heavy atom. The summed E-state index contributed by atoms with van der Waals surface area (Å²) in [4.78, 5) is 15.4. The Morgan fingerprint density at radius 2 is 0.774 bits per heavy atom. The zero-order valence-corrected chi connectivity index (χ0v) is 33.5. The Bertz CT molecular complexity index is 3610. The van der Waals surface area contributed by atoms with Gasteiger partial charge in [0.15, 0.2) is 23.1 Å². The van der Waals surface area contributed by atoms with E-state index in [1.54, 1.807) is 0 Å². The first-order valence-electron chi connectivity index (χ1n) is 20.8. The van der Waals surface area contributed by atoms with Gasteiger partial charge in [-0.15, -0.1) is 0 Å². The zero-order chi connectivity index (χ0) is 41.0. The SMILES string of the molecule is c1ccc(-c2ccc(-c3nc(-c4cccc(-c5ccccc5)c4)nc(-c4ccc5c(c4)oc4c5ccc5c6ccccc6n(-c6cccc(-c7ccccc7)c6)c54)n3)cc2)cc1. The summed E-state index contributed by atoms with van der Waals surface area (Å²) < 4.78 is 9.34. The predicted molar refractivity (Wildman–Crippen MR) is 254 cm³/mol. The normalized spacial score (nSPS) is 11.5. The molecule has 0 radical (unpaired) electrons. The second-order valence-electron chi connectivity index (χ2n) is 15.6. The Balaban J connectivity index is 1.02. The van der Waals surface area contributed by atoms with E-state index >= 15 is 0 Å². The van der Waals surface area contributed by atoms with Crippen LogP contribution in [0.2, 0.25) is 0 Å². The molecule has 0 saturated carbocycles. The topological polar surface area (TPSA) is 56.7 Å². The molecule has 0 fully saturated rings. The third-order valence-corrected chi connectivity index (χ3v) is 11.9. The number of hydrogen-bond acceptors (Lipinski definition) is 4. The van der Waals surface area contributed by atoms with Crippen LogP contribution in [-0.2, 0) is 0 Å². The summed E-state index contributed by atoms with van der Waals surface area (Å²) >= 11 is 0. The lowest BCUT2D eigenvalue weighted by Gasteiger charge is -2.10. The largest absolute Gasteiger partial charge is 0.454 e. The summed E-state index contributed by atoms with van der Waals surface area (Å²) in [7, 11) is 0. The minimum absolute atomic E-state index is 0.571. The standard InChI is InChI=1S/C57H36N4O/c1-4-14-37(15-5-1)40-26-28-41(29-27-40)55-58-56(44-22-12-20-42(34-44)38-16-6-2-7-17-38)60-57(59-55)45-30-31-48-50-33-32-49-47-24-10-11-25-51(47)61(53(49)54(50)62-52(48)36-45)46-23-13-21-43(35-46)39-18-8-3-9-19-39/h1-36H. The molecule has 12 rings (SSSR count). The van der Waals surface area contributed by atoms with Crippen LogP contribution in [0.4, 0.5) is 0 Å². The highest BCUT2D eigenvalue weighted by atomic mass is 16.3. The van der Waals surface area contributed by atoms with Crippen LogP contribution in [0.25, 0.3) is 117 Å². The fraction of sp³-hybridized carbons (Fsp3) is 0. The van der Waals surface area contributed by atoms with E-state index < -0.39 is 0 Å². The van der Waals surface area contributed by atoms with E-state index in [-0.39, 0.29) is 0 Å². The van der Waals surface area contributed by atoms with E-state index in [1.165, 1.54) is 10.9 Å². The summed E-state index contributed by atoms with van der Waals surface area (Å²) in [5.74, 6) is 1.77. The van der Waals surface area contributed by atoms with E-state index in [1.807, 2.05) is 12.1 Å². The molecule has 0 saturated heterocycles. The zero-order valence-electron chi connectivity index (χ0n) is 33.5. The fourth-order valence-corrected chi connectivity index (χ4v) is 8.82. The van der Waals surface area contributed by atoms with Gasteiger partial charge in [0.05, 0.1) is 11.0 Å². The lowest BCUT2D eigenvalue weighted by atomic mass is 10.0. The van der Waals surface area contributed by atoms with Crippen molar-refractivity contribution in [1.29, 1.82) is 0 Å². The highest BCUT2D eigenvalue weighted by Crippen LogP contribution is 2.41. The molecule has 12 aromatic rings. The van der Waals surface area contributed by atoms with Crippen molar-refractivity contribution >= 4 is 43.7 Å². The van der Waals surface area contributed by atoms with Crippen LogP contribution < -0.4 is 0 Å². The molecular formula is C57H36N4O. The van der Waals surface area contributed by atoms with Gasteiger partial charge in [-0.3, -0.25) is 0 Å². The molecule has 0 aliphatic rings. The molecule has 0 unspecified atom stereocenters. The molecule has 3 heterocycles. The highest BCUT2D eigenvalue weighted by Gasteiger charge is 2.21. The lowest BCUT2D eigenvalue weighted by molar-refractivity contribution is 0.671. The van der Waals surface area contributed by atoms with Crippen LogP contribution in [0.3, 0.4) is 0 Å². The number of aromatic nitrogens is 4. The van der Waals surface area contributed by atoms with E-state index in [0.29, 0.717) is 17.5 Å². The van der Waals surface area contributed by atoms with Gasteiger partial charge in [-0.2, -0.15) is 0 Å². The van der Waals surface area contributed by atoms with Crippen molar-refractivity contribution in [2.75, 3.05) is 0 Å². The Labute approximate surface area is 357 Å². The lowest BCUT2D eigenvalue weighted by Crippen LogP contribution is -2.00. The van der Waals surface area contributed by atoms with Gasteiger partial charge >= 0.3 is 0 Å². The maximum absolute atomic E-state index is 6.99. The summed E-state index contributed by atoms with van der Waals surface area (Å²) in [6.07, 6.45) is 0. The number of furan rings is 1. The van der Waals surface area contributed by atoms with Gasteiger partial charge in [-0.25, -0.2) is 15.0 Å². The molecule has 5 heteroatoms. The molecule has 0 aliphatic carbocycles. The highest BCUT2D eigenvalue weighted by molar-refractivity contribution is 6.21. The van der Waals surface area contributed by atoms with Crippen LogP contribution >= 0.6 is 0 Å². The fourth-order valence-electron chi connectivity index (χ4n) is 8.82. The Morgan fingerprint density at radius 3 is 1.47 bits per heavy atom. The number of fused-ring (bicyclic) bond motifs is 7. The van der Waals surface area contributed by atoms with Gasteiger partial charge in [-0.05, 0) is 75.8 Å². The first-order chi connectivity index (χ1) is 30.7. The third kappa shape index (κ3) is 6.14. The van der Waals surface area contributed by atoms with Crippen LogP contribution in [0.1, 0.15) is 0 Å². The van der Waals surface area contributed by atoms with Crippen molar-refractivity contribution in [3.05, 3.63) is 218 Å². The average molecular weight is 793 g/mol. The molecule has 9 aromatic carbocycles. The summed E-state index contributed by atoms with van der Waals surface area (Å²) in [5.41, 5.74) is 14.3. The van der Waals surface area contributed by atoms with Gasteiger partial charge in [0, 0.05) is 43.9 Å². The smallest absolute Gasteiger partial charge is 0.164 e. The molecule has 62 heavy (non-hydrogen) atoms. The molecule has 0 atom stereocenters. The molecule has 0 N–H and O–H groups in total. The number of nitrogens with zero attached hydrogens (tertiary/aromatic N) is 4. The number of rotatable bonds is 7. The maximum Gasteiger partial charge on any atom is 0.164 e. The quantitative estimate of drug-likeness (QED) is 0.161. The summed E-state index contributed by atoms with van der Waals surface area (Å²) in [6, 6.07) is 76.2. The molecule has 290 valence electrons. The second-order valence-corrected chi connectivity index (χ2v) is 15.6. The van der Waals surface area contributed by atoms with E-state index in [0.717, 1.165) is 88.6 Å². The minimum atomic E-state index is 0.571. The number of para-hydroxylation sites is 1. The number of benzene rings is 9. The van der Waals surface area contributed by atoms with Gasteiger partial charge in [-0.1, -0.05) is 176 Å². The van der Waals surface area contributed by atoms with Crippen molar-refractivity contribution < 1.29 is 4.42 Å². The van der Waals surface area contributed by atoms with Gasteiger partial charge < -0.3 is 8.98 Å². The molecule has 5 nitrogen and oxygen atoms in total. The van der Waals surface area contributed by atoms with Crippen molar-refractivity contribution in [2.24, 2.45) is 0 Å². The molecule has 3 aromatic heterocycles. The Kier molecular flexibility index (Phi) is 8.42. The first-order valence-corrected chi connectivity index (χ1v) is 20.8. The second kappa shape index (κ2) is 14.7. The third-order valence-electron chi connectivity index (χ3n) is 11.9. The average Bonchev–Trinajstić information content (AvgIpc) is 3.90. The van der Waals surface area contributed by atoms with Gasteiger partial charge in [0.25, 0.3) is 0 Å². The molecule has 0 aliphatic heterocycles. The van der Waals surface area contributed by atoms with Crippen molar-refractivity contribution in [3.8, 4) is 73.2 Å². The molecule has 0 amide bonds. The van der Waals surface area contributed by atoms with Gasteiger partial charge in [0.2, 0.25) is 0 Å². The molecular weight excluding hydrogens is 757 g/mol. The van der Waals surface area contributed by atoms with E-state index in [2.05, 4.69) is 211 Å². The minimum Gasteiger partial charge on any atom is -0.454 e. The van der Waals surface area contributed by atoms with Crippen molar-refractivity contribution in [2.45, 2.75) is 0 Å². The predicted octanol–water partition coefficient (Wildman–Crippen LogP) is 14.9. The maximum atomic E-state index is 6.99. The van der Waals surface area contributed by atoms with Crippen molar-refractivity contribution in [1.82, 2.24) is 19.5 Å². The van der Waals surface area contributed by atoms with Crippen molar-refractivity contribution in [3.63, 3.8) is 0 Å². The van der Waals surface area contributed by atoms with Crippen LogP contribution in [-0.4, -0.2) is 19.5 Å².